The summed E-state index contributed by atoms with van der Waals surface area (Å²) in [7, 11) is 0. The maximum Gasteiger partial charge on any atom is 0.0406 e. The van der Waals surface area contributed by atoms with Crippen LogP contribution in [-0.4, -0.2) is 6.26 Å². The molecular formula is C11H14S. The van der Waals surface area contributed by atoms with Crippen LogP contribution in [0.1, 0.15) is 24.0 Å². The van der Waals surface area contributed by atoms with E-state index in [0.29, 0.717) is 4.75 Å². The molecule has 0 amide bonds. The number of rotatable bonds is 2. The largest absolute Gasteiger partial charge is 0.154 e. The van der Waals surface area contributed by atoms with E-state index < -0.39 is 0 Å². The van der Waals surface area contributed by atoms with Crippen molar-refractivity contribution in [3.05, 3.63) is 35.4 Å². The van der Waals surface area contributed by atoms with E-state index in [4.69, 9.17) is 0 Å². The van der Waals surface area contributed by atoms with E-state index in [1.54, 1.807) is 0 Å². The first-order chi connectivity index (χ1) is 5.77. The van der Waals surface area contributed by atoms with Gasteiger partial charge in [0.05, 0.1) is 0 Å². The molecule has 1 fully saturated rings. The van der Waals surface area contributed by atoms with Crippen molar-refractivity contribution in [1.29, 1.82) is 0 Å². The van der Waals surface area contributed by atoms with Gasteiger partial charge in [-0.2, -0.15) is 11.8 Å². The summed E-state index contributed by atoms with van der Waals surface area (Å²) in [6.07, 6.45) is 4.93. The highest BCUT2D eigenvalue weighted by atomic mass is 32.2. The SMILES string of the molecule is CSC1(c2ccc(C)cc2)CC1. The Kier molecular flexibility index (Phi) is 1.91. The lowest BCUT2D eigenvalue weighted by molar-refractivity contribution is 1.03. The minimum absolute atomic E-state index is 0.494. The highest BCUT2D eigenvalue weighted by Crippen LogP contribution is 2.55. The van der Waals surface area contributed by atoms with Crippen LogP contribution in [0.4, 0.5) is 0 Å². The molecule has 0 aromatic heterocycles. The maximum absolute atomic E-state index is 2.28. The molecule has 0 aliphatic heterocycles. The molecule has 0 atom stereocenters. The van der Waals surface area contributed by atoms with Gasteiger partial charge in [0.2, 0.25) is 0 Å². The van der Waals surface area contributed by atoms with Crippen molar-refractivity contribution < 1.29 is 0 Å². The molecule has 0 spiro atoms. The molecule has 1 aliphatic rings. The summed E-state index contributed by atoms with van der Waals surface area (Å²) in [4.78, 5) is 0. The van der Waals surface area contributed by atoms with Crippen LogP contribution in [0.15, 0.2) is 24.3 Å². The minimum atomic E-state index is 0.494. The molecule has 1 aliphatic carbocycles. The van der Waals surface area contributed by atoms with Gasteiger partial charge < -0.3 is 0 Å². The Morgan fingerprint density at radius 1 is 1.17 bits per heavy atom. The van der Waals surface area contributed by atoms with Crippen molar-refractivity contribution in [2.45, 2.75) is 24.5 Å². The summed E-state index contributed by atoms with van der Waals surface area (Å²) in [5.41, 5.74) is 2.87. The predicted octanol–water partition coefficient (Wildman–Crippen LogP) is 3.35. The minimum Gasteiger partial charge on any atom is -0.154 e. The van der Waals surface area contributed by atoms with Gasteiger partial charge in [0.15, 0.2) is 0 Å². The lowest BCUT2D eigenvalue weighted by atomic mass is 10.1. The van der Waals surface area contributed by atoms with Crippen molar-refractivity contribution in [2.75, 3.05) is 6.26 Å². The number of thioether (sulfide) groups is 1. The Morgan fingerprint density at radius 3 is 2.17 bits per heavy atom. The molecule has 1 aromatic carbocycles. The highest BCUT2D eigenvalue weighted by molar-refractivity contribution is 7.99. The van der Waals surface area contributed by atoms with Crippen LogP contribution >= 0.6 is 11.8 Å². The van der Waals surface area contributed by atoms with E-state index in [9.17, 15) is 0 Å². The van der Waals surface area contributed by atoms with E-state index in [0.717, 1.165) is 0 Å². The van der Waals surface area contributed by atoms with Gasteiger partial charge in [-0.3, -0.25) is 0 Å². The number of hydrogen-bond acceptors (Lipinski definition) is 1. The highest BCUT2D eigenvalue weighted by Gasteiger charge is 2.43. The number of aryl methyl sites for hydroxylation is 1. The Bertz CT molecular complexity index is 270. The molecule has 0 N–H and O–H groups in total. The Morgan fingerprint density at radius 2 is 1.75 bits per heavy atom. The summed E-state index contributed by atoms with van der Waals surface area (Å²) in [6.45, 7) is 2.14. The van der Waals surface area contributed by atoms with E-state index in [1.807, 2.05) is 11.8 Å². The standard InChI is InChI=1S/C11H14S/c1-9-3-5-10(6-4-9)11(12-2)7-8-11/h3-6H,7-8H2,1-2H3. The average molecular weight is 178 g/mol. The molecule has 1 heteroatoms. The molecule has 1 saturated carbocycles. The van der Waals surface area contributed by atoms with Gasteiger partial charge in [0, 0.05) is 4.75 Å². The Balaban J connectivity index is 2.29. The molecule has 12 heavy (non-hydrogen) atoms. The molecule has 0 heterocycles. The second-order valence-electron chi connectivity index (χ2n) is 3.56. The van der Waals surface area contributed by atoms with E-state index in [1.165, 1.54) is 24.0 Å². The summed E-state index contributed by atoms with van der Waals surface area (Å²) in [5, 5.41) is 0. The fraction of sp³-hybridized carbons (Fsp3) is 0.455. The van der Waals surface area contributed by atoms with Gasteiger partial charge in [-0.25, -0.2) is 0 Å². The summed E-state index contributed by atoms with van der Waals surface area (Å²) in [5.74, 6) is 0. The summed E-state index contributed by atoms with van der Waals surface area (Å²) < 4.78 is 0.494. The zero-order valence-corrected chi connectivity index (χ0v) is 8.45. The van der Waals surface area contributed by atoms with Crippen LogP contribution in [0.3, 0.4) is 0 Å². The topological polar surface area (TPSA) is 0 Å². The fourth-order valence-corrected chi connectivity index (χ4v) is 2.46. The van der Waals surface area contributed by atoms with Crippen LogP contribution in [-0.2, 0) is 4.75 Å². The van der Waals surface area contributed by atoms with Crippen LogP contribution in [0, 0.1) is 6.92 Å². The zero-order valence-electron chi connectivity index (χ0n) is 7.63. The van der Waals surface area contributed by atoms with Crippen LogP contribution in [0.2, 0.25) is 0 Å². The maximum atomic E-state index is 2.28. The van der Waals surface area contributed by atoms with E-state index in [-0.39, 0.29) is 0 Å². The van der Waals surface area contributed by atoms with E-state index in [2.05, 4.69) is 37.4 Å². The van der Waals surface area contributed by atoms with Gasteiger partial charge in [-0.1, -0.05) is 29.8 Å². The number of benzene rings is 1. The van der Waals surface area contributed by atoms with Crippen molar-refractivity contribution in [3.63, 3.8) is 0 Å². The molecule has 1 aromatic rings. The first-order valence-corrected chi connectivity index (χ1v) is 5.62. The Labute approximate surface area is 78.4 Å². The second-order valence-corrected chi connectivity index (χ2v) is 4.75. The second kappa shape index (κ2) is 2.81. The van der Waals surface area contributed by atoms with Crippen molar-refractivity contribution >= 4 is 11.8 Å². The fourth-order valence-electron chi connectivity index (χ4n) is 1.58. The molecule has 2 rings (SSSR count). The number of hydrogen-bond donors (Lipinski definition) is 0. The molecule has 64 valence electrons. The van der Waals surface area contributed by atoms with Gasteiger partial charge in [0.1, 0.15) is 0 Å². The van der Waals surface area contributed by atoms with Crippen LogP contribution in [0.25, 0.3) is 0 Å². The first-order valence-electron chi connectivity index (χ1n) is 4.39. The van der Waals surface area contributed by atoms with Gasteiger partial charge in [0.25, 0.3) is 0 Å². The van der Waals surface area contributed by atoms with Crippen molar-refractivity contribution in [2.24, 2.45) is 0 Å². The molecule has 0 saturated heterocycles. The van der Waals surface area contributed by atoms with Gasteiger partial charge in [-0.15, -0.1) is 0 Å². The molecule has 0 radical (unpaired) electrons. The predicted molar refractivity (Wildman–Crippen MR) is 55.6 cm³/mol. The van der Waals surface area contributed by atoms with Crippen LogP contribution in [0.5, 0.6) is 0 Å². The summed E-state index contributed by atoms with van der Waals surface area (Å²) in [6, 6.07) is 8.98. The lowest BCUT2D eigenvalue weighted by Gasteiger charge is -2.11. The van der Waals surface area contributed by atoms with Gasteiger partial charge >= 0.3 is 0 Å². The van der Waals surface area contributed by atoms with Crippen LogP contribution < -0.4 is 0 Å². The first kappa shape index (κ1) is 8.18. The monoisotopic (exact) mass is 178 g/mol. The van der Waals surface area contributed by atoms with Crippen molar-refractivity contribution in [1.82, 2.24) is 0 Å². The third-order valence-corrected chi connectivity index (χ3v) is 4.10. The van der Waals surface area contributed by atoms with E-state index >= 15 is 0 Å². The third-order valence-electron chi connectivity index (χ3n) is 2.67. The molecule has 0 nitrogen and oxygen atoms in total. The normalized spacial score (nSPS) is 19.2. The quantitative estimate of drug-likeness (QED) is 0.669. The smallest absolute Gasteiger partial charge is 0.0406 e. The molecule has 0 unspecified atom stereocenters. The Hall–Kier alpha value is -0.430. The van der Waals surface area contributed by atoms with Gasteiger partial charge in [-0.05, 0) is 31.6 Å². The van der Waals surface area contributed by atoms with Crippen molar-refractivity contribution in [3.8, 4) is 0 Å². The lowest BCUT2D eigenvalue weighted by Crippen LogP contribution is -1.98. The zero-order chi connectivity index (χ0) is 8.60. The summed E-state index contributed by atoms with van der Waals surface area (Å²) >= 11 is 2.00. The average Bonchev–Trinajstić information content (AvgIpc) is 2.86. The molecule has 0 bridgehead atoms. The third kappa shape index (κ3) is 1.27. The molecular weight excluding hydrogens is 164 g/mol.